The summed E-state index contributed by atoms with van der Waals surface area (Å²) in [4.78, 5) is 0. The number of halogens is 4. The van der Waals surface area contributed by atoms with Crippen LogP contribution in [0, 0.1) is 66.4 Å². The van der Waals surface area contributed by atoms with Crippen molar-refractivity contribution in [2.45, 2.75) is 163 Å². The molecule has 10 aromatic rings. The van der Waals surface area contributed by atoms with Crippen LogP contribution in [0.15, 0.2) is 72.8 Å². The zero-order chi connectivity index (χ0) is 57.3. The third-order valence-corrected chi connectivity index (χ3v) is 41.0. The van der Waals surface area contributed by atoms with Crippen LogP contribution in [0.4, 0.5) is 17.6 Å². The second-order valence-corrected chi connectivity index (χ2v) is 45.7. The highest BCUT2D eigenvalue weighted by atomic mass is 32.1. The predicted molar refractivity (Wildman–Crippen MR) is 367 cm³/mol. The summed E-state index contributed by atoms with van der Waals surface area (Å²) in [5.74, 6) is 14.8. The lowest BCUT2D eigenvalue weighted by atomic mass is 9.91. The minimum Gasteiger partial charge on any atom is -0.195 e. The Bertz CT molecular complexity index is 3520. The monoisotopic (exact) mass is 1220 g/mol. The molecule has 4 heterocycles. The molecule has 0 aliphatic carbocycles. The van der Waals surface area contributed by atoms with Crippen LogP contribution in [0.25, 0.3) is 83.4 Å². The maximum absolute atomic E-state index is 14.5. The van der Waals surface area contributed by atoms with Crippen molar-refractivity contribution in [1.82, 2.24) is 0 Å². The van der Waals surface area contributed by atoms with Crippen LogP contribution in [0.3, 0.4) is 0 Å². The standard InChI is InChI=1S/2C34H36F2S2Si2.CH4/c1-7-39(8-2,9-3)15-13-25-27-17-23-19-33(35)38-32(23)22-30(27)26(14-16-40(10-4,11-5)12-6)28-18-24-20-34(36)37-31(24)21-29(25)28;1-7-39(8-2,9-3)15-13-25-27-17-23-19-33(35)37-31(23)21-29(27)26(14-16-40(10-4,11-5)12-6)30-22-32-24(18-28(25)30)20-34(36)38-32;/h2*17-22H,7-12H2,1-6H3;1H4. The summed E-state index contributed by atoms with van der Waals surface area (Å²) < 4.78 is 61.5. The molecule has 0 saturated heterocycles. The molecule has 0 aliphatic heterocycles. The zero-order valence-corrected chi connectivity index (χ0v) is 55.8. The molecule has 0 radical (unpaired) electrons. The van der Waals surface area contributed by atoms with Crippen LogP contribution in [0.1, 0.15) is 113 Å². The average Bonchev–Trinajstić information content (AvgIpc) is 4.44. The van der Waals surface area contributed by atoms with Crippen molar-refractivity contribution in [2.75, 3.05) is 0 Å². The van der Waals surface area contributed by atoms with Crippen molar-refractivity contribution in [1.29, 1.82) is 0 Å². The first-order valence-electron chi connectivity index (χ1n) is 29.0. The van der Waals surface area contributed by atoms with Crippen LogP contribution in [-0.2, 0) is 0 Å². The van der Waals surface area contributed by atoms with Gasteiger partial charge in [0.1, 0.15) is 32.3 Å². The first kappa shape index (κ1) is 62.1. The normalized spacial score (nSPS) is 12.0. The Balaban J connectivity index is 0.000000210. The van der Waals surface area contributed by atoms with Gasteiger partial charge in [-0.05, 0) is 188 Å². The SMILES string of the molecule is C.CC[Si](C#Cc1c2cc3cc(F)sc3cc2c(C#C[Si](CC)(CC)CC)c2cc3cc(F)sc3cc12)(CC)CC.CC[Si](C#Cc1c2cc3cc(F)sc3cc2c(C#C[Si](CC)(CC)CC)c2cc3sc(F)cc3cc12)(CC)CC. The lowest BCUT2D eigenvalue weighted by Gasteiger charge is -2.21. The van der Waals surface area contributed by atoms with Gasteiger partial charge in [-0.25, -0.2) is 0 Å². The third-order valence-electron chi connectivity index (χ3n) is 18.6. The Hall–Kier alpha value is -4.97. The van der Waals surface area contributed by atoms with Crippen LogP contribution in [0.2, 0.25) is 72.5 Å². The van der Waals surface area contributed by atoms with E-state index in [4.69, 9.17) is 0 Å². The molecule has 4 aromatic heterocycles. The first-order valence-corrected chi connectivity index (χ1v) is 42.8. The predicted octanol–water partition coefficient (Wildman–Crippen LogP) is 23.6. The van der Waals surface area contributed by atoms with Gasteiger partial charge < -0.3 is 0 Å². The Morgan fingerprint density at radius 1 is 0.272 bits per heavy atom. The van der Waals surface area contributed by atoms with Crippen molar-refractivity contribution < 1.29 is 17.6 Å². The molecule has 420 valence electrons. The van der Waals surface area contributed by atoms with Gasteiger partial charge >= 0.3 is 0 Å². The van der Waals surface area contributed by atoms with Crippen LogP contribution >= 0.6 is 45.3 Å². The highest BCUT2D eigenvalue weighted by molar-refractivity contribution is 7.18. The molecular weight excluding hydrogens is 1150 g/mol. The van der Waals surface area contributed by atoms with Gasteiger partial charge in [-0.3, -0.25) is 0 Å². The van der Waals surface area contributed by atoms with Gasteiger partial charge in [0.2, 0.25) is 0 Å². The van der Waals surface area contributed by atoms with E-state index in [1.807, 2.05) is 0 Å². The Kier molecular flexibility index (Phi) is 19.5. The molecule has 6 aromatic carbocycles. The fourth-order valence-electron chi connectivity index (χ4n) is 11.8. The molecule has 0 amide bonds. The van der Waals surface area contributed by atoms with E-state index in [2.05, 4.69) is 177 Å². The molecule has 10 rings (SSSR count). The largest absolute Gasteiger partial charge is 0.195 e. The van der Waals surface area contributed by atoms with Gasteiger partial charge in [0.15, 0.2) is 20.5 Å². The van der Waals surface area contributed by atoms with Crippen LogP contribution < -0.4 is 0 Å². The number of thiophene rings is 4. The molecule has 0 saturated carbocycles. The first-order chi connectivity index (χ1) is 38.5. The van der Waals surface area contributed by atoms with Crippen molar-refractivity contribution in [3.8, 4) is 45.9 Å². The third kappa shape index (κ3) is 11.9. The molecule has 0 atom stereocenters. The Labute approximate surface area is 499 Å². The molecule has 12 heteroatoms. The number of fused-ring (bicyclic) bond motifs is 8. The number of benzene rings is 6. The zero-order valence-electron chi connectivity index (χ0n) is 48.6. The van der Waals surface area contributed by atoms with Gasteiger partial charge in [-0.15, -0.1) is 67.5 Å². The summed E-state index contributed by atoms with van der Waals surface area (Å²) in [5, 5.41) is 11.0. The van der Waals surface area contributed by atoms with Crippen molar-refractivity contribution in [3.05, 3.63) is 116 Å². The lowest BCUT2D eigenvalue weighted by molar-refractivity contribution is 0.658. The van der Waals surface area contributed by atoms with E-state index in [1.165, 1.54) is 45.3 Å². The summed E-state index contributed by atoms with van der Waals surface area (Å²) in [6.07, 6.45) is 0. The Morgan fingerprint density at radius 2 is 0.432 bits per heavy atom. The highest BCUT2D eigenvalue weighted by Gasteiger charge is 2.29. The molecule has 0 bridgehead atoms. The van der Waals surface area contributed by atoms with Crippen LogP contribution in [-0.4, -0.2) is 32.3 Å². The van der Waals surface area contributed by atoms with Gasteiger partial charge in [0, 0.05) is 62.6 Å². The molecule has 81 heavy (non-hydrogen) atoms. The fraction of sp³-hybridized carbons (Fsp3) is 0.362. The number of rotatable bonds is 12. The highest BCUT2D eigenvalue weighted by Crippen LogP contribution is 2.43. The molecule has 0 unspecified atom stereocenters. The van der Waals surface area contributed by atoms with E-state index < -0.39 is 32.3 Å². The molecule has 0 fully saturated rings. The van der Waals surface area contributed by atoms with E-state index in [1.54, 1.807) is 24.3 Å². The summed E-state index contributed by atoms with van der Waals surface area (Å²) >= 11 is 4.70. The molecule has 0 N–H and O–H groups in total. The maximum Gasteiger partial charge on any atom is 0.177 e. The smallest absolute Gasteiger partial charge is 0.177 e. The van der Waals surface area contributed by atoms with Gasteiger partial charge in [-0.2, -0.15) is 17.6 Å². The van der Waals surface area contributed by atoms with E-state index in [9.17, 15) is 17.6 Å². The summed E-state index contributed by atoms with van der Waals surface area (Å²) in [6.45, 7) is 27.2. The molecular formula is C69H76F4S4Si4. The fourth-order valence-corrected chi connectivity index (χ4v) is 24.7. The van der Waals surface area contributed by atoms with E-state index in [-0.39, 0.29) is 28.0 Å². The molecule has 0 aliphatic rings. The van der Waals surface area contributed by atoms with Crippen molar-refractivity contribution in [3.63, 3.8) is 0 Å². The summed E-state index contributed by atoms with van der Waals surface area (Å²) in [6, 6.07) is 36.8. The Morgan fingerprint density at radius 3 is 0.593 bits per heavy atom. The van der Waals surface area contributed by atoms with Crippen molar-refractivity contribution in [2.24, 2.45) is 0 Å². The summed E-state index contributed by atoms with van der Waals surface area (Å²) in [5.41, 5.74) is 19.1. The number of hydrogen-bond acceptors (Lipinski definition) is 4. The summed E-state index contributed by atoms with van der Waals surface area (Å²) in [7, 11) is -6.97. The minimum atomic E-state index is -1.74. The second kappa shape index (κ2) is 25.5. The molecule has 0 nitrogen and oxygen atoms in total. The molecule has 0 spiro atoms. The van der Waals surface area contributed by atoms with E-state index in [0.717, 1.165) is 178 Å². The lowest BCUT2D eigenvalue weighted by Crippen LogP contribution is -2.29. The number of hydrogen-bond donors (Lipinski definition) is 0. The van der Waals surface area contributed by atoms with Gasteiger partial charge in [0.05, 0.1) is 0 Å². The van der Waals surface area contributed by atoms with Crippen LogP contribution in [0.5, 0.6) is 0 Å². The van der Waals surface area contributed by atoms with Gasteiger partial charge in [0.25, 0.3) is 0 Å². The van der Waals surface area contributed by atoms with Gasteiger partial charge in [-0.1, -0.05) is 114 Å². The maximum atomic E-state index is 14.5. The van der Waals surface area contributed by atoms with E-state index >= 15 is 0 Å². The van der Waals surface area contributed by atoms with E-state index in [0.29, 0.717) is 0 Å². The topological polar surface area (TPSA) is 0 Å². The van der Waals surface area contributed by atoms with Crippen molar-refractivity contribution >= 4 is 161 Å². The second-order valence-electron chi connectivity index (χ2n) is 21.8. The minimum absolute atomic E-state index is 0. The quantitative estimate of drug-likeness (QED) is 0.0495. The average molecular weight is 1220 g/mol.